The van der Waals surface area contributed by atoms with Crippen molar-refractivity contribution in [2.24, 2.45) is 10.9 Å². The molecular formula is C38H41NO10. The third kappa shape index (κ3) is 5.67. The monoisotopic (exact) mass is 671 g/mol. The first kappa shape index (κ1) is 33.2. The SMILES string of the molecule is CCOC(=O)C1=C(C=O)C2=C3CCC(=O)C(C3)c3cc4c(cc3CCC(CO)COc3c5c(c(CO)c(c32)O1)OC(C(C)(C)O)C5)=NCC=4. The summed E-state index contributed by atoms with van der Waals surface area (Å²) >= 11 is 0. The largest absolute Gasteiger partial charge is 0.492 e. The van der Waals surface area contributed by atoms with Crippen LogP contribution >= 0.6 is 0 Å². The Morgan fingerprint density at radius 1 is 1.12 bits per heavy atom. The van der Waals surface area contributed by atoms with Gasteiger partial charge in [-0.15, -0.1) is 0 Å². The fraction of sp³-hybridized carbons (Fsp3) is 0.474. The van der Waals surface area contributed by atoms with E-state index in [0.29, 0.717) is 54.5 Å². The van der Waals surface area contributed by atoms with Gasteiger partial charge in [-0.05, 0) is 74.9 Å². The number of nitrogens with zero attached hydrogens (tertiary/aromatic N) is 1. The molecule has 0 radical (unpaired) electrons. The lowest BCUT2D eigenvalue weighted by molar-refractivity contribution is -0.141. The zero-order chi connectivity index (χ0) is 34.6. The molecule has 3 atom stereocenters. The van der Waals surface area contributed by atoms with Gasteiger partial charge in [0.05, 0.1) is 54.0 Å². The number of rotatable bonds is 6. The molecule has 4 heterocycles. The van der Waals surface area contributed by atoms with Crippen molar-refractivity contribution in [3.63, 3.8) is 0 Å². The van der Waals surface area contributed by atoms with Crippen molar-refractivity contribution in [3.05, 3.63) is 67.4 Å². The van der Waals surface area contributed by atoms with E-state index < -0.39 is 30.2 Å². The number of benzene rings is 2. The van der Waals surface area contributed by atoms with E-state index in [4.69, 9.17) is 18.9 Å². The number of aldehydes is 1. The van der Waals surface area contributed by atoms with Crippen LogP contribution in [0.4, 0.5) is 0 Å². The van der Waals surface area contributed by atoms with E-state index in [1.165, 1.54) is 0 Å². The van der Waals surface area contributed by atoms with Crippen LogP contribution in [-0.2, 0) is 38.6 Å². The number of allylic oxidation sites excluding steroid dienone is 3. The van der Waals surface area contributed by atoms with E-state index in [2.05, 4.69) is 11.1 Å². The molecule has 5 aliphatic rings. The van der Waals surface area contributed by atoms with Crippen molar-refractivity contribution in [2.75, 3.05) is 26.4 Å². The molecule has 4 aliphatic heterocycles. The summed E-state index contributed by atoms with van der Waals surface area (Å²) in [4.78, 5) is 45.0. The second-order valence-corrected chi connectivity index (χ2v) is 13.9. The second kappa shape index (κ2) is 12.9. The first-order chi connectivity index (χ1) is 23.6. The van der Waals surface area contributed by atoms with Crippen LogP contribution in [0.1, 0.15) is 80.2 Å². The highest BCUT2D eigenvalue weighted by atomic mass is 16.6. The Kier molecular flexibility index (Phi) is 8.71. The van der Waals surface area contributed by atoms with Gasteiger partial charge in [0.1, 0.15) is 29.1 Å². The molecule has 49 heavy (non-hydrogen) atoms. The standard InChI is InChI=1S/C38H41NO10/c1-4-46-37(44)36-26(16-41)31-22-7-8-29(43)24(12-22)23-11-21-9-10-39-28(21)13-20(23)6-5-19(15-40)18-47-34-25-14-30(38(2,3)45)48-33(25)27(17-42)35(49-36)32(31)34/h9,11,13,16,19,24,30,40,42,45H,4-8,10,12,14-15,17-18H2,1-3H3. The molecule has 7 rings (SSSR count). The van der Waals surface area contributed by atoms with Crippen LogP contribution in [-0.4, -0.2) is 71.4 Å². The molecule has 11 nitrogen and oxygen atoms in total. The molecule has 3 unspecified atom stereocenters. The Morgan fingerprint density at radius 2 is 1.94 bits per heavy atom. The Balaban J connectivity index is 1.54. The maximum Gasteiger partial charge on any atom is 0.375 e. The highest BCUT2D eigenvalue weighted by Crippen LogP contribution is 2.56. The van der Waals surface area contributed by atoms with E-state index in [1.807, 2.05) is 12.1 Å². The Bertz CT molecular complexity index is 1950. The third-order valence-corrected chi connectivity index (χ3v) is 10.3. The Morgan fingerprint density at radius 3 is 2.65 bits per heavy atom. The van der Waals surface area contributed by atoms with Crippen LogP contribution in [0, 0.1) is 5.92 Å². The topological polar surface area (TPSA) is 161 Å². The molecule has 258 valence electrons. The minimum Gasteiger partial charge on any atom is -0.492 e. The molecule has 1 saturated carbocycles. The number of carbonyl (C=O) groups excluding carboxylic acids is 3. The average Bonchev–Trinajstić information content (AvgIpc) is 3.74. The number of ketones is 1. The molecular weight excluding hydrogens is 630 g/mol. The van der Waals surface area contributed by atoms with E-state index in [1.54, 1.807) is 20.8 Å². The molecule has 1 fully saturated rings. The lowest BCUT2D eigenvalue weighted by Gasteiger charge is -2.32. The van der Waals surface area contributed by atoms with Crippen LogP contribution in [0.25, 0.3) is 11.6 Å². The summed E-state index contributed by atoms with van der Waals surface area (Å²) in [5.74, 6) is -1.25. The highest BCUT2D eigenvalue weighted by Gasteiger charge is 2.45. The quantitative estimate of drug-likeness (QED) is 0.307. The number of esters is 1. The first-order valence-electron chi connectivity index (χ1n) is 17.0. The smallest absolute Gasteiger partial charge is 0.375 e. The Labute approximate surface area is 283 Å². The fourth-order valence-corrected chi connectivity index (χ4v) is 7.72. The highest BCUT2D eigenvalue weighted by molar-refractivity contribution is 6.11. The maximum atomic E-state index is 13.8. The summed E-state index contributed by atoms with van der Waals surface area (Å²) < 4.78 is 24.5. The van der Waals surface area contributed by atoms with Crippen LogP contribution in [0.15, 0.2) is 34.0 Å². The van der Waals surface area contributed by atoms with Gasteiger partial charge >= 0.3 is 5.97 Å². The molecule has 1 aliphatic carbocycles. The minimum atomic E-state index is -1.27. The third-order valence-electron chi connectivity index (χ3n) is 10.3. The maximum absolute atomic E-state index is 13.8. The number of fused-ring (bicyclic) bond motifs is 7. The first-order valence-corrected chi connectivity index (χ1v) is 17.0. The van der Waals surface area contributed by atoms with Gasteiger partial charge in [0.25, 0.3) is 0 Å². The minimum absolute atomic E-state index is 0.0297. The molecule has 0 spiro atoms. The van der Waals surface area contributed by atoms with Gasteiger partial charge in [-0.1, -0.05) is 11.6 Å². The summed E-state index contributed by atoms with van der Waals surface area (Å²) in [6, 6.07) is 4.10. The van der Waals surface area contributed by atoms with Crippen molar-refractivity contribution in [2.45, 2.75) is 83.5 Å². The van der Waals surface area contributed by atoms with Crippen LogP contribution in [0.2, 0.25) is 0 Å². The van der Waals surface area contributed by atoms with Crippen LogP contribution < -0.4 is 24.8 Å². The summed E-state index contributed by atoms with van der Waals surface area (Å²) in [5, 5.41) is 34.2. The van der Waals surface area contributed by atoms with Gasteiger partial charge in [-0.3, -0.25) is 14.6 Å². The fourth-order valence-electron chi connectivity index (χ4n) is 7.72. The number of ether oxygens (including phenoxy) is 4. The molecule has 3 N–H and O–H groups in total. The summed E-state index contributed by atoms with van der Waals surface area (Å²) in [7, 11) is 0. The zero-order valence-electron chi connectivity index (χ0n) is 28.0. The van der Waals surface area contributed by atoms with Crippen molar-refractivity contribution >= 4 is 29.7 Å². The van der Waals surface area contributed by atoms with E-state index >= 15 is 0 Å². The van der Waals surface area contributed by atoms with Crippen molar-refractivity contribution in [1.82, 2.24) is 0 Å². The number of hydrogen-bond donors (Lipinski definition) is 3. The molecule has 2 aromatic rings. The predicted octanol–water partition coefficient (Wildman–Crippen LogP) is 2.30. The molecule has 11 heteroatoms. The zero-order valence-corrected chi connectivity index (χ0v) is 28.0. The van der Waals surface area contributed by atoms with Crippen molar-refractivity contribution in [3.8, 4) is 17.2 Å². The normalized spacial score (nSPS) is 22.7. The lowest BCUT2D eigenvalue weighted by atomic mass is 9.74. The molecule has 0 saturated heterocycles. The molecule has 0 amide bonds. The van der Waals surface area contributed by atoms with E-state index in [0.717, 1.165) is 27.3 Å². The number of carbonyl (C=O) groups is 3. The molecule has 2 aromatic carbocycles. The van der Waals surface area contributed by atoms with Gasteiger partial charge < -0.3 is 34.3 Å². The average molecular weight is 672 g/mol. The van der Waals surface area contributed by atoms with Gasteiger partial charge in [-0.2, -0.15) is 0 Å². The lowest BCUT2D eigenvalue weighted by Crippen LogP contribution is -2.39. The summed E-state index contributed by atoms with van der Waals surface area (Å²) in [6.07, 6.45) is 4.09. The van der Waals surface area contributed by atoms with Gasteiger partial charge in [0.2, 0.25) is 5.76 Å². The Hall–Kier alpha value is -4.32. The number of aryl methyl sites for hydroxylation is 1. The summed E-state index contributed by atoms with van der Waals surface area (Å²) in [6.45, 7) is 4.89. The van der Waals surface area contributed by atoms with E-state index in [-0.39, 0.29) is 79.2 Å². The van der Waals surface area contributed by atoms with Gasteiger partial charge in [0, 0.05) is 42.4 Å². The van der Waals surface area contributed by atoms with Crippen molar-refractivity contribution in [1.29, 1.82) is 0 Å². The number of aliphatic hydroxyl groups excluding tert-OH is 2. The number of aliphatic hydroxyl groups is 3. The molecule has 2 bridgehead atoms. The van der Waals surface area contributed by atoms with Crippen LogP contribution in [0.3, 0.4) is 0 Å². The molecule has 0 aromatic heterocycles. The number of hydrogen-bond acceptors (Lipinski definition) is 11. The van der Waals surface area contributed by atoms with Crippen LogP contribution in [0.5, 0.6) is 17.2 Å². The van der Waals surface area contributed by atoms with Gasteiger partial charge in [-0.25, -0.2) is 4.79 Å². The summed E-state index contributed by atoms with van der Waals surface area (Å²) in [5.41, 5.74) is 2.93. The van der Waals surface area contributed by atoms with E-state index in [9.17, 15) is 29.7 Å². The van der Waals surface area contributed by atoms with Gasteiger partial charge in [0.15, 0.2) is 6.29 Å². The predicted molar refractivity (Wildman–Crippen MR) is 177 cm³/mol. The number of Topliss-reactive ketones (excluding diaryl/α,β-unsaturated/α-hetero) is 1. The van der Waals surface area contributed by atoms with Crippen molar-refractivity contribution < 1.29 is 48.7 Å². The second-order valence-electron chi connectivity index (χ2n) is 13.9.